The summed E-state index contributed by atoms with van der Waals surface area (Å²) in [6, 6.07) is 2.92. The first-order valence-electron chi connectivity index (χ1n) is 7.09. The normalized spacial score (nSPS) is 14.3. The van der Waals surface area contributed by atoms with E-state index in [1.807, 2.05) is 0 Å². The van der Waals surface area contributed by atoms with E-state index >= 15 is 0 Å². The van der Waals surface area contributed by atoms with Gasteiger partial charge in [-0.05, 0) is 26.8 Å². The van der Waals surface area contributed by atoms with Gasteiger partial charge >= 0.3 is 0 Å². The van der Waals surface area contributed by atoms with Crippen molar-refractivity contribution in [2.24, 2.45) is 0 Å². The highest BCUT2D eigenvalue weighted by Gasteiger charge is 2.34. The van der Waals surface area contributed by atoms with Gasteiger partial charge in [0.15, 0.2) is 0 Å². The zero-order chi connectivity index (χ0) is 17.3. The Labute approximate surface area is 132 Å². The summed E-state index contributed by atoms with van der Waals surface area (Å²) in [5.74, 6) is -1.95. The SMILES string of the molecule is CC(O)(CNC(=O)C(C)(C)c1cnc[nH]1)c1ccc(F)cc1F. The Morgan fingerprint density at radius 3 is 2.61 bits per heavy atom. The zero-order valence-corrected chi connectivity index (χ0v) is 13.2. The number of amides is 1. The van der Waals surface area contributed by atoms with Crippen LogP contribution in [0.15, 0.2) is 30.7 Å². The molecule has 0 bridgehead atoms. The van der Waals surface area contributed by atoms with E-state index in [1.165, 1.54) is 19.4 Å². The number of nitrogens with one attached hydrogen (secondary N) is 2. The predicted octanol–water partition coefficient (Wildman–Crippen LogP) is 1.99. The Morgan fingerprint density at radius 2 is 2.04 bits per heavy atom. The summed E-state index contributed by atoms with van der Waals surface area (Å²) in [4.78, 5) is 19.1. The quantitative estimate of drug-likeness (QED) is 0.787. The van der Waals surface area contributed by atoms with Crippen LogP contribution in [0.3, 0.4) is 0 Å². The van der Waals surface area contributed by atoms with Crippen molar-refractivity contribution in [3.05, 3.63) is 53.6 Å². The smallest absolute Gasteiger partial charge is 0.231 e. The fraction of sp³-hybridized carbons (Fsp3) is 0.375. The van der Waals surface area contributed by atoms with E-state index in [1.54, 1.807) is 13.8 Å². The van der Waals surface area contributed by atoms with Gasteiger partial charge in [-0.15, -0.1) is 0 Å². The summed E-state index contributed by atoms with van der Waals surface area (Å²) in [5.41, 5.74) is -2.04. The van der Waals surface area contributed by atoms with Gasteiger partial charge in [-0.3, -0.25) is 4.79 Å². The molecule has 5 nitrogen and oxygen atoms in total. The second-order valence-electron chi connectivity index (χ2n) is 6.17. The molecule has 3 N–H and O–H groups in total. The molecule has 1 aromatic heterocycles. The van der Waals surface area contributed by atoms with Crippen molar-refractivity contribution in [3.63, 3.8) is 0 Å². The summed E-state index contributed by atoms with van der Waals surface area (Å²) in [6.45, 7) is 4.53. The number of carbonyl (C=O) groups excluding carboxylic acids is 1. The van der Waals surface area contributed by atoms with Gasteiger partial charge in [0.1, 0.15) is 17.2 Å². The summed E-state index contributed by atoms with van der Waals surface area (Å²) < 4.78 is 26.8. The van der Waals surface area contributed by atoms with Crippen molar-refractivity contribution in [2.45, 2.75) is 31.8 Å². The number of rotatable bonds is 5. The van der Waals surface area contributed by atoms with Gasteiger partial charge in [0.25, 0.3) is 0 Å². The molecule has 1 aromatic carbocycles. The van der Waals surface area contributed by atoms with Crippen molar-refractivity contribution >= 4 is 5.91 Å². The van der Waals surface area contributed by atoms with Gasteiger partial charge in [0.05, 0.1) is 18.3 Å². The van der Waals surface area contributed by atoms with Gasteiger partial charge in [-0.1, -0.05) is 6.07 Å². The molecule has 23 heavy (non-hydrogen) atoms. The minimum absolute atomic E-state index is 0.0847. The van der Waals surface area contributed by atoms with Gasteiger partial charge in [-0.25, -0.2) is 13.8 Å². The Balaban J connectivity index is 2.11. The van der Waals surface area contributed by atoms with Crippen LogP contribution in [0.2, 0.25) is 0 Å². The Hall–Kier alpha value is -2.28. The third kappa shape index (κ3) is 3.56. The molecule has 1 atom stereocenters. The summed E-state index contributed by atoms with van der Waals surface area (Å²) in [6.07, 6.45) is 3.01. The van der Waals surface area contributed by atoms with Crippen molar-refractivity contribution < 1.29 is 18.7 Å². The second-order valence-corrected chi connectivity index (χ2v) is 6.17. The molecular weight excluding hydrogens is 304 g/mol. The molecule has 0 spiro atoms. The maximum absolute atomic E-state index is 13.8. The standard InChI is InChI=1S/C16H19F2N3O2/c1-15(2,13-7-19-9-21-13)14(22)20-8-16(3,23)11-5-4-10(17)6-12(11)18/h4-7,9,23H,8H2,1-3H3,(H,19,21)(H,20,22). The number of carbonyl (C=O) groups is 1. The molecule has 0 fully saturated rings. The number of H-pyrrole nitrogens is 1. The van der Waals surface area contributed by atoms with Crippen LogP contribution in [-0.4, -0.2) is 27.5 Å². The summed E-state index contributed by atoms with van der Waals surface area (Å²) in [5, 5.41) is 13.0. The van der Waals surface area contributed by atoms with Crippen molar-refractivity contribution in [1.82, 2.24) is 15.3 Å². The number of halogens is 2. The number of benzene rings is 1. The number of hydrogen-bond donors (Lipinski definition) is 3. The predicted molar refractivity (Wildman–Crippen MR) is 80.6 cm³/mol. The highest BCUT2D eigenvalue weighted by molar-refractivity contribution is 5.86. The molecule has 0 radical (unpaired) electrons. The molecule has 0 aliphatic rings. The number of nitrogens with zero attached hydrogens (tertiary/aromatic N) is 1. The highest BCUT2D eigenvalue weighted by Crippen LogP contribution is 2.25. The third-order valence-corrected chi connectivity index (χ3v) is 3.84. The van der Waals surface area contributed by atoms with Gasteiger partial charge in [0, 0.05) is 23.5 Å². The average molecular weight is 323 g/mol. The van der Waals surface area contributed by atoms with Gasteiger partial charge < -0.3 is 15.4 Å². The van der Waals surface area contributed by atoms with Crippen LogP contribution in [-0.2, 0) is 15.8 Å². The van der Waals surface area contributed by atoms with Gasteiger partial charge in [-0.2, -0.15) is 0 Å². The molecule has 2 aromatic rings. The van der Waals surface area contributed by atoms with E-state index in [9.17, 15) is 18.7 Å². The number of aliphatic hydroxyl groups is 1. The lowest BCUT2D eigenvalue weighted by atomic mass is 9.88. The molecule has 1 amide bonds. The summed E-state index contributed by atoms with van der Waals surface area (Å²) in [7, 11) is 0. The van der Waals surface area contributed by atoms with E-state index < -0.39 is 22.7 Å². The lowest BCUT2D eigenvalue weighted by Gasteiger charge is -2.28. The maximum Gasteiger partial charge on any atom is 0.231 e. The Morgan fingerprint density at radius 1 is 1.35 bits per heavy atom. The van der Waals surface area contributed by atoms with E-state index in [4.69, 9.17) is 0 Å². The fourth-order valence-electron chi connectivity index (χ4n) is 2.21. The van der Waals surface area contributed by atoms with Crippen molar-refractivity contribution in [1.29, 1.82) is 0 Å². The lowest BCUT2D eigenvalue weighted by molar-refractivity contribution is -0.127. The van der Waals surface area contributed by atoms with Crippen LogP contribution < -0.4 is 5.32 Å². The van der Waals surface area contributed by atoms with Crippen LogP contribution >= 0.6 is 0 Å². The maximum atomic E-state index is 13.8. The molecule has 1 heterocycles. The monoisotopic (exact) mass is 323 g/mol. The number of aromatic nitrogens is 2. The van der Waals surface area contributed by atoms with Crippen LogP contribution in [0.5, 0.6) is 0 Å². The molecule has 0 aliphatic heterocycles. The molecule has 2 rings (SSSR count). The van der Waals surface area contributed by atoms with Crippen LogP contribution in [0, 0.1) is 11.6 Å². The van der Waals surface area contributed by atoms with Crippen molar-refractivity contribution in [2.75, 3.05) is 6.54 Å². The first-order valence-corrected chi connectivity index (χ1v) is 7.09. The molecule has 0 saturated heterocycles. The first-order chi connectivity index (χ1) is 10.6. The van der Waals surface area contributed by atoms with E-state index in [0.29, 0.717) is 11.8 Å². The minimum Gasteiger partial charge on any atom is -0.383 e. The zero-order valence-electron chi connectivity index (χ0n) is 13.2. The number of aromatic amines is 1. The van der Waals surface area contributed by atoms with E-state index in [2.05, 4.69) is 15.3 Å². The van der Waals surface area contributed by atoms with Crippen LogP contribution in [0.1, 0.15) is 32.0 Å². The summed E-state index contributed by atoms with van der Waals surface area (Å²) >= 11 is 0. The Bertz CT molecular complexity index is 697. The molecule has 1 unspecified atom stereocenters. The fourth-order valence-corrected chi connectivity index (χ4v) is 2.21. The molecule has 0 saturated carbocycles. The van der Waals surface area contributed by atoms with Gasteiger partial charge in [0.2, 0.25) is 5.91 Å². The largest absolute Gasteiger partial charge is 0.383 e. The topological polar surface area (TPSA) is 78.0 Å². The number of hydrogen-bond acceptors (Lipinski definition) is 3. The van der Waals surface area contributed by atoms with Crippen molar-refractivity contribution in [3.8, 4) is 0 Å². The van der Waals surface area contributed by atoms with Crippen LogP contribution in [0.25, 0.3) is 0 Å². The average Bonchev–Trinajstić information content (AvgIpc) is 2.99. The van der Waals surface area contributed by atoms with Crippen LogP contribution in [0.4, 0.5) is 8.78 Å². The Kier molecular flexibility index (Phi) is 4.51. The third-order valence-electron chi connectivity index (χ3n) is 3.84. The molecule has 124 valence electrons. The highest BCUT2D eigenvalue weighted by atomic mass is 19.1. The first kappa shape index (κ1) is 17.1. The van der Waals surface area contributed by atoms with E-state index in [0.717, 1.165) is 12.1 Å². The lowest BCUT2D eigenvalue weighted by Crippen LogP contribution is -2.46. The number of imidazole rings is 1. The van der Waals surface area contributed by atoms with E-state index in [-0.39, 0.29) is 18.0 Å². The molecular formula is C16H19F2N3O2. The molecule has 7 heteroatoms. The molecule has 0 aliphatic carbocycles. The minimum atomic E-state index is -1.67. The second kappa shape index (κ2) is 6.08.